The summed E-state index contributed by atoms with van der Waals surface area (Å²) in [6.07, 6.45) is 8.15. The van der Waals surface area contributed by atoms with Crippen LogP contribution in [-0.2, 0) is 22.6 Å². The number of hydrogen-bond acceptors (Lipinski definition) is 5. The van der Waals surface area contributed by atoms with Gasteiger partial charge in [0.15, 0.2) is 5.17 Å². The zero-order valence-corrected chi connectivity index (χ0v) is 24.9. The van der Waals surface area contributed by atoms with Gasteiger partial charge in [0.25, 0.3) is 5.91 Å². The molecule has 0 radical (unpaired) electrons. The van der Waals surface area contributed by atoms with Crippen LogP contribution in [0.5, 0.6) is 0 Å². The molecule has 2 fully saturated rings. The lowest BCUT2D eigenvalue weighted by molar-refractivity contribution is -0.136. The summed E-state index contributed by atoms with van der Waals surface area (Å²) >= 11 is 1.25. The Hall–Kier alpha value is -3.91. The summed E-state index contributed by atoms with van der Waals surface area (Å²) in [6.45, 7) is 2.92. The maximum absolute atomic E-state index is 15.3. The highest BCUT2D eigenvalue weighted by molar-refractivity contribution is 8.18. The van der Waals surface area contributed by atoms with Crippen LogP contribution in [0.1, 0.15) is 67.2 Å². The molecule has 1 saturated carbocycles. The van der Waals surface area contributed by atoms with Gasteiger partial charge < -0.3 is 10.0 Å². The van der Waals surface area contributed by atoms with Gasteiger partial charge in [0, 0.05) is 20.1 Å². The summed E-state index contributed by atoms with van der Waals surface area (Å²) in [7, 11) is 1.89. The van der Waals surface area contributed by atoms with E-state index in [0.29, 0.717) is 51.6 Å². The fraction of sp³-hybridized carbons (Fsp3) is 0.324. The third-order valence-electron chi connectivity index (χ3n) is 7.88. The molecule has 42 heavy (non-hydrogen) atoms. The van der Waals surface area contributed by atoms with Crippen molar-refractivity contribution in [2.24, 2.45) is 4.99 Å². The second kappa shape index (κ2) is 13.4. The molecule has 0 atom stereocenters. The van der Waals surface area contributed by atoms with E-state index in [0.717, 1.165) is 5.56 Å². The Labute approximate surface area is 251 Å². The predicted octanol–water partition coefficient (Wildman–Crippen LogP) is 7.76. The van der Waals surface area contributed by atoms with E-state index in [1.165, 1.54) is 55.5 Å². The summed E-state index contributed by atoms with van der Waals surface area (Å²) in [6, 6.07) is 20.7. The number of carboxylic acids is 1. The third kappa shape index (κ3) is 7.10. The van der Waals surface area contributed by atoms with Crippen LogP contribution in [0, 0.1) is 5.82 Å². The number of benzene rings is 3. The molecule has 2 aliphatic rings. The molecule has 8 heteroatoms. The van der Waals surface area contributed by atoms with E-state index < -0.39 is 5.97 Å². The fourth-order valence-corrected chi connectivity index (χ4v) is 6.67. The molecule has 6 nitrogen and oxygen atoms in total. The average Bonchev–Trinajstić information content (AvgIpc) is 3.27. The summed E-state index contributed by atoms with van der Waals surface area (Å²) in [5.41, 5.74) is 4.96. The topological polar surface area (TPSA) is 73.2 Å². The molecular formula is C34H36FN3O3S. The van der Waals surface area contributed by atoms with Gasteiger partial charge in [0.2, 0.25) is 0 Å². The minimum Gasteiger partial charge on any atom is -0.481 e. The van der Waals surface area contributed by atoms with E-state index in [9.17, 15) is 9.59 Å². The first-order chi connectivity index (χ1) is 20.3. The van der Waals surface area contributed by atoms with Gasteiger partial charge in [-0.25, -0.2) is 9.38 Å². The maximum Gasteiger partial charge on any atom is 0.307 e. The van der Waals surface area contributed by atoms with Crippen LogP contribution in [0.2, 0.25) is 0 Å². The number of amides is 1. The zero-order chi connectivity index (χ0) is 29.6. The van der Waals surface area contributed by atoms with Gasteiger partial charge >= 0.3 is 5.97 Å². The maximum atomic E-state index is 15.3. The molecule has 1 N–H and O–H groups in total. The lowest BCUT2D eigenvalue weighted by Crippen LogP contribution is -2.28. The van der Waals surface area contributed by atoms with E-state index in [1.807, 2.05) is 24.9 Å². The molecule has 1 aliphatic heterocycles. The van der Waals surface area contributed by atoms with Gasteiger partial charge in [0.1, 0.15) is 5.82 Å². The number of halogens is 1. The minimum absolute atomic E-state index is 0.0589. The third-order valence-corrected chi connectivity index (χ3v) is 8.88. The van der Waals surface area contributed by atoms with Gasteiger partial charge in [-0.3, -0.25) is 14.5 Å². The number of carbonyl (C=O) groups excluding carboxylic acids is 1. The number of nitrogens with zero attached hydrogens (tertiary/aromatic N) is 3. The molecule has 3 aromatic rings. The van der Waals surface area contributed by atoms with Crippen LogP contribution in [0.25, 0.3) is 6.08 Å². The average molecular weight is 586 g/mol. The van der Waals surface area contributed by atoms with E-state index in [-0.39, 0.29) is 18.1 Å². The van der Waals surface area contributed by atoms with Crippen LogP contribution >= 0.6 is 11.8 Å². The highest BCUT2D eigenvalue weighted by Gasteiger charge is 2.32. The summed E-state index contributed by atoms with van der Waals surface area (Å²) < 4.78 is 15.3. The van der Waals surface area contributed by atoms with Crippen molar-refractivity contribution in [2.75, 3.05) is 18.5 Å². The van der Waals surface area contributed by atoms with Crippen molar-refractivity contribution >= 4 is 46.3 Å². The molecule has 0 unspecified atom stereocenters. The van der Waals surface area contributed by atoms with Crippen molar-refractivity contribution in [2.45, 2.75) is 57.9 Å². The van der Waals surface area contributed by atoms with Gasteiger partial charge in [-0.1, -0.05) is 61.7 Å². The molecule has 1 amide bonds. The molecule has 218 valence electrons. The molecule has 5 rings (SSSR count). The molecular weight excluding hydrogens is 549 g/mol. The number of carboxylic acid groups (broad SMARTS) is 1. The Morgan fingerprint density at radius 1 is 1.05 bits per heavy atom. The van der Waals surface area contributed by atoms with Gasteiger partial charge in [0.05, 0.1) is 22.7 Å². The second-order valence-electron chi connectivity index (χ2n) is 10.9. The van der Waals surface area contributed by atoms with E-state index in [2.05, 4.69) is 29.3 Å². The number of aliphatic imine (C=N–C) groups is 1. The highest BCUT2D eigenvalue weighted by atomic mass is 32.2. The largest absolute Gasteiger partial charge is 0.481 e. The zero-order valence-electron chi connectivity index (χ0n) is 24.1. The SMILES string of the molecule is CCN1C(=O)C(=Cc2ccc(N(C)Cc3ccc(C4CCCCC4)cc3)c(F)c2)SC1=Nc1ccc(CC(=O)O)cc1. The van der Waals surface area contributed by atoms with Crippen molar-refractivity contribution in [1.29, 1.82) is 0 Å². The first kappa shape index (κ1) is 29.6. The molecule has 1 aliphatic carbocycles. The first-order valence-corrected chi connectivity index (χ1v) is 15.3. The Kier molecular flexibility index (Phi) is 9.42. The van der Waals surface area contributed by atoms with Crippen LogP contribution < -0.4 is 4.90 Å². The number of carbonyl (C=O) groups is 2. The summed E-state index contributed by atoms with van der Waals surface area (Å²) in [5, 5.41) is 9.50. The molecule has 0 bridgehead atoms. The van der Waals surface area contributed by atoms with Crippen molar-refractivity contribution in [3.8, 4) is 0 Å². The molecule has 0 aromatic heterocycles. The molecule has 1 heterocycles. The lowest BCUT2D eigenvalue weighted by atomic mass is 9.84. The smallest absolute Gasteiger partial charge is 0.307 e. The number of amidine groups is 1. The van der Waals surface area contributed by atoms with E-state index in [1.54, 1.807) is 41.3 Å². The van der Waals surface area contributed by atoms with Crippen molar-refractivity contribution in [1.82, 2.24) is 4.90 Å². The number of thioether (sulfide) groups is 1. The molecule has 1 saturated heterocycles. The number of anilines is 1. The number of hydrogen-bond donors (Lipinski definition) is 1. The Morgan fingerprint density at radius 2 is 1.74 bits per heavy atom. The first-order valence-electron chi connectivity index (χ1n) is 14.5. The lowest BCUT2D eigenvalue weighted by Gasteiger charge is -2.23. The Bertz CT molecular complexity index is 1500. The van der Waals surface area contributed by atoms with E-state index >= 15 is 4.39 Å². The van der Waals surface area contributed by atoms with Crippen LogP contribution in [0.15, 0.2) is 76.6 Å². The highest BCUT2D eigenvalue weighted by Crippen LogP contribution is 2.35. The summed E-state index contributed by atoms with van der Waals surface area (Å²) in [4.78, 5) is 32.6. The van der Waals surface area contributed by atoms with Gasteiger partial charge in [-0.05, 0) is 90.0 Å². The molecule has 0 spiro atoms. The Morgan fingerprint density at radius 3 is 2.38 bits per heavy atom. The van der Waals surface area contributed by atoms with Crippen molar-refractivity contribution in [3.05, 3.63) is 99.7 Å². The number of aliphatic carboxylic acids is 1. The minimum atomic E-state index is -0.895. The van der Waals surface area contributed by atoms with Crippen LogP contribution in [0.3, 0.4) is 0 Å². The standard InChI is InChI=1S/C34H36FN3O3S/c1-3-38-33(41)31(42-34(38)36-28-16-11-23(12-17-28)21-32(39)40)20-25-13-18-30(29(35)19-25)37(2)22-24-9-14-27(15-10-24)26-7-5-4-6-8-26/h9-20,26H,3-8,21-22H2,1-2H3,(H,39,40). The van der Waals surface area contributed by atoms with E-state index in [4.69, 9.17) is 5.11 Å². The van der Waals surface area contributed by atoms with Crippen LogP contribution in [0.4, 0.5) is 15.8 Å². The van der Waals surface area contributed by atoms with Crippen molar-refractivity contribution in [3.63, 3.8) is 0 Å². The second-order valence-corrected chi connectivity index (χ2v) is 11.9. The van der Waals surface area contributed by atoms with Gasteiger partial charge in [-0.15, -0.1) is 0 Å². The van der Waals surface area contributed by atoms with Gasteiger partial charge in [-0.2, -0.15) is 0 Å². The Balaban J connectivity index is 1.26. The van der Waals surface area contributed by atoms with Crippen molar-refractivity contribution < 1.29 is 19.1 Å². The molecule has 3 aromatic carbocycles. The monoisotopic (exact) mass is 585 g/mol. The quantitative estimate of drug-likeness (QED) is 0.260. The van der Waals surface area contributed by atoms with Crippen LogP contribution in [-0.4, -0.2) is 40.6 Å². The predicted molar refractivity (Wildman–Crippen MR) is 169 cm³/mol. The number of rotatable bonds is 9. The number of likely N-dealkylation sites (N-methyl/N-ethyl adjacent to an activating group) is 1. The summed E-state index contributed by atoms with van der Waals surface area (Å²) in [5.74, 6) is -0.752. The fourth-order valence-electron chi connectivity index (χ4n) is 5.61. The normalized spacial score (nSPS) is 17.8.